The second-order valence-corrected chi connectivity index (χ2v) is 9.17. The number of hydrogen-bond donors (Lipinski definition) is 0. The third-order valence-electron chi connectivity index (χ3n) is 5.68. The Bertz CT molecular complexity index is 1410. The maximum Gasteiger partial charge on any atom is 0.435 e. The summed E-state index contributed by atoms with van der Waals surface area (Å²) in [5.74, 6) is -1.52. The van der Waals surface area contributed by atoms with Gasteiger partial charge in [-0.3, -0.25) is 9.59 Å². The Morgan fingerprint density at radius 1 is 1.08 bits per heavy atom. The number of hydrogen-bond acceptors (Lipinski definition) is 6. The van der Waals surface area contributed by atoms with Gasteiger partial charge in [0.15, 0.2) is 0 Å². The van der Waals surface area contributed by atoms with Crippen molar-refractivity contribution in [2.45, 2.75) is 32.0 Å². The number of oxime groups is 1. The third-order valence-corrected chi connectivity index (χ3v) is 6.12. The molecule has 188 valence electrons. The van der Waals surface area contributed by atoms with E-state index in [0.717, 1.165) is 17.0 Å². The fourth-order valence-corrected chi connectivity index (χ4v) is 4.40. The Hall–Kier alpha value is -3.44. The van der Waals surface area contributed by atoms with Crippen LogP contribution in [-0.4, -0.2) is 41.5 Å². The first-order valence-electron chi connectivity index (χ1n) is 10.6. The van der Waals surface area contributed by atoms with E-state index >= 15 is 0 Å². The third kappa shape index (κ3) is 5.06. The Morgan fingerprint density at radius 2 is 1.70 bits per heavy atom. The Labute approximate surface area is 220 Å². The highest BCUT2D eigenvalue weighted by Gasteiger charge is 2.62. The topological polar surface area (TPSA) is 84.8 Å². The quantitative estimate of drug-likeness (QED) is 0.444. The average Bonchev–Trinajstić information content (AvgIpc) is 3.27. The van der Waals surface area contributed by atoms with Crippen LogP contribution in [0.15, 0.2) is 53.9 Å². The molecule has 2 heterocycles. The summed E-state index contributed by atoms with van der Waals surface area (Å²) >= 11 is 11.9. The molecular formula is C24H16BCl2F3N4O3. The normalized spacial score (nSPS) is 17.2. The first kappa shape index (κ1) is 26.6. The van der Waals surface area contributed by atoms with Crippen molar-refractivity contribution in [1.29, 1.82) is 0 Å². The SMILES string of the molecule is [B]c1cnc(N(C(C)=O)C(=O)c2ccc(C3=NOC(c4cc(Cl)cc(Cl)c4)(C(F)(F)F)C3)cc2C)nc1. The second-order valence-electron chi connectivity index (χ2n) is 8.29. The van der Waals surface area contributed by atoms with Crippen molar-refractivity contribution in [3.05, 3.63) is 81.1 Å². The van der Waals surface area contributed by atoms with E-state index in [1.54, 1.807) is 6.92 Å². The van der Waals surface area contributed by atoms with Gasteiger partial charge < -0.3 is 4.84 Å². The maximum absolute atomic E-state index is 14.3. The molecule has 0 saturated carbocycles. The highest BCUT2D eigenvalue weighted by atomic mass is 35.5. The summed E-state index contributed by atoms with van der Waals surface area (Å²) in [4.78, 5) is 39.0. The molecule has 1 atom stereocenters. The van der Waals surface area contributed by atoms with Crippen molar-refractivity contribution in [2.75, 3.05) is 4.90 Å². The van der Waals surface area contributed by atoms with Crippen molar-refractivity contribution in [3.63, 3.8) is 0 Å². The van der Waals surface area contributed by atoms with Crippen molar-refractivity contribution in [2.24, 2.45) is 5.16 Å². The molecule has 37 heavy (non-hydrogen) atoms. The number of carbonyl (C=O) groups excluding carboxylic acids is 2. The van der Waals surface area contributed by atoms with Crippen molar-refractivity contribution >= 4 is 60.0 Å². The molecule has 2 amide bonds. The van der Waals surface area contributed by atoms with Gasteiger partial charge >= 0.3 is 6.18 Å². The molecule has 1 aliphatic rings. The minimum Gasteiger partial charge on any atom is -0.374 e. The number of anilines is 1. The fourth-order valence-electron chi connectivity index (χ4n) is 3.87. The maximum atomic E-state index is 14.3. The molecule has 4 rings (SSSR count). The largest absolute Gasteiger partial charge is 0.435 e. The summed E-state index contributed by atoms with van der Waals surface area (Å²) in [6.07, 6.45) is -3.00. The molecule has 0 fully saturated rings. The molecule has 0 N–H and O–H groups in total. The highest BCUT2D eigenvalue weighted by molar-refractivity contribution is 6.34. The minimum absolute atomic E-state index is 0.000754. The van der Waals surface area contributed by atoms with E-state index in [9.17, 15) is 22.8 Å². The van der Waals surface area contributed by atoms with Crippen LogP contribution in [0.2, 0.25) is 10.0 Å². The number of halogens is 5. The van der Waals surface area contributed by atoms with Crippen molar-refractivity contribution in [1.82, 2.24) is 9.97 Å². The van der Waals surface area contributed by atoms with Crippen LogP contribution < -0.4 is 10.4 Å². The predicted molar refractivity (Wildman–Crippen MR) is 133 cm³/mol. The molecule has 2 radical (unpaired) electrons. The van der Waals surface area contributed by atoms with E-state index in [2.05, 4.69) is 15.1 Å². The smallest absolute Gasteiger partial charge is 0.374 e. The molecule has 3 aromatic rings. The number of rotatable bonds is 4. The molecule has 2 aromatic carbocycles. The lowest BCUT2D eigenvalue weighted by Crippen LogP contribution is -2.42. The van der Waals surface area contributed by atoms with Gasteiger partial charge in [-0.05, 0) is 48.4 Å². The molecule has 13 heteroatoms. The lowest BCUT2D eigenvalue weighted by atomic mass is 9.86. The molecular weight excluding hydrogens is 531 g/mol. The van der Waals surface area contributed by atoms with Gasteiger partial charge in [-0.15, -0.1) is 0 Å². The van der Waals surface area contributed by atoms with Crippen LogP contribution in [0, 0.1) is 6.92 Å². The van der Waals surface area contributed by atoms with Crippen LogP contribution in [0.5, 0.6) is 0 Å². The van der Waals surface area contributed by atoms with Crippen LogP contribution in [0.25, 0.3) is 0 Å². The molecule has 0 saturated heterocycles. The Morgan fingerprint density at radius 3 is 2.24 bits per heavy atom. The average molecular weight is 547 g/mol. The number of nitrogens with zero attached hydrogens (tertiary/aromatic N) is 4. The molecule has 1 aromatic heterocycles. The van der Waals surface area contributed by atoms with Gasteiger partial charge in [0.2, 0.25) is 11.9 Å². The van der Waals surface area contributed by atoms with Crippen LogP contribution in [0.4, 0.5) is 19.1 Å². The molecule has 1 unspecified atom stereocenters. The summed E-state index contributed by atoms with van der Waals surface area (Å²) < 4.78 is 42.8. The lowest BCUT2D eigenvalue weighted by molar-refractivity contribution is -0.275. The fraction of sp³-hybridized carbons (Fsp3) is 0.208. The molecule has 7 nitrogen and oxygen atoms in total. The van der Waals surface area contributed by atoms with Crippen molar-refractivity contribution in [3.8, 4) is 0 Å². The van der Waals surface area contributed by atoms with Crippen LogP contribution in [0.3, 0.4) is 0 Å². The first-order valence-corrected chi connectivity index (χ1v) is 11.4. The predicted octanol–water partition coefficient (Wildman–Crippen LogP) is 4.66. The van der Waals surface area contributed by atoms with Gasteiger partial charge in [0.05, 0.1) is 5.71 Å². The zero-order chi connectivity index (χ0) is 27.1. The van der Waals surface area contributed by atoms with E-state index in [-0.39, 0.29) is 38.3 Å². The van der Waals surface area contributed by atoms with Gasteiger partial charge in [-0.2, -0.15) is 13.2 Å². The van der Waals surface area contributed by atoms with Crippen molar-refractivity contribution < 1.29 is 27.6 Å². The van der Waals surface area contributed by atoms with Crippen LogP contribution in [-0.2, 0) is 15.2 Å². The van der Waals surface area contributed by atoms with E-state index in [4.69, 9.17) is 35.9 Å². The number of benzene rings is 2. The van der Waals surface area contributed by atoms with Gasteiger partial charge in [0.1, 0.15) is 7.85 Å². The summed E-state index contributed by atoms with van der Waals surface area (Å²) in [5, 5.41) is 3.76. The summed E-state index contributed by atoms with van der Waals surface area (Å²) in [6, 6.07) is 7.85. The summed E-state index contributed by atoms with van der Waals surface area (Å²) in [5.41, 5.74) is -2.05. The number of carbonyl (C=O) groups is 2. The molecule has 0 aliphatic carbocycles. The number of aromatic nitrogens is 2. The second kappa shape index (κ2) is 9.79. The van der Waals surface area contributed by atoms with E-state index in [1.807, 2.05) is 0 Å². The Balaban J connectivity index is 1.66. The van der Waals surface area contributed by atoms with Gasteiger partial charge in [0.25, 0.3) is 11.5 Å². The molecule has 0 bridgehead atoms. The summed E-state index contributed by atoms with van der Waals surface area (Å²) in [7, 11) is 5.57. The summed E-state index contributed by atoms with van der Waals surface area (Å²) in [6.45, 7) is 2.74. The van der Waals surface area contributed by atoms with E-state index < -0.39 is 30.0 Å². The zero-order valence-electron chi connectivity index (χ0n) is 19.3. The number of alkyl halides is 3. The van der Waals surface area contributed by atoms with Crippen LogP contribution in [0.1, 0.15) is 40.4 Å². The van der Waals surface area contributed by atoms with E-state index in [0.29, 0.717) is 11.1 Å². The number of aryl methyl sites for hydroxylation is 1. The van der Waals surface area contributed by atoms with Gasteiger partial charge in [-0.1, -0.05) is 39.9 Å². The molecule has 1 aliphatic heterocycles. The highest BCUT2D eigenvalue weighted by Crippen LogP contribution is 2.49. The number of imide groups is 1. The monoisotopic (exact) mass is 546 g/mol. The Kier molecular flexibility index (Phi) is 7.05. The standard InChI is InChI=1S/C24H16BCl2F3N4O3/c1-12-5-14(3-4-19(12)21(36)34(13(2)35)22-31-10-16(25)11-32-22)20-9-23(37-33-20,24(28,29)30)15-6-17(26)8-18(27)7-15/h3-8,10-11H,9H2,1-2H3. The zero-order valence-corrected chi connectivity index (χ0v) is 20.8. The van der Waals surface area contributed by atoms with Gasteiger partial charge in [0, 0.05) is 46.9 Å². The lowest BCUT2D eigenvalue weighted by Gasteiger charge is -2.29. The number of amides is 2. The molecule has 0 spiro atoms. The van der Waals surface area contributed by atoms with Gasteiger partial charge in [-0.25, -0.2) is 14.9 Å². The minimum atomic E-state index is -4.85. The first-order chi connectivity index (χ1) is 17.3. The van der Waals surface area contributed by atoms with E-state index in [1.165, 1.54) is 43.6 Å². The van der Waals surface area contributed by atoms with Crippen LogP contribution >= 0.6 is 23.2 Å².